The van der Waals surface area contributed by atoms with E-state index >= 15 is 0 Å². The Hall–Kier alpha value is -0.120. The van der Waals surface area contributed by atoms with Crippen LogP contribution in [-0.2, 0) is 9.09 Å². The van der Waals surface area contributed by atoms with Crippen molar-refractivity contribution in [1.82, 2.24) is 15.1 Å². The normalized spacial score (nSPS) is 25.8. The number of phosphoric acid groups is 1. The van der Waals surface area contributed by atoms with Crippen LogP contribution in [0.15, 0.2) is 0 Å². The molecule has 0 aromatic heterocycles. The van der Waals surface area contributed by atoms with Gasteiger partial charge >= 0.3 is 7.82 Å². The van der Waals surface area contributed by atoms with Crippen LogP contribution in [0.5, 0.6) is 0 Å². The quantitative estimate of drug-likeness (QED) is 0.362. The third kappa shape index (κ3) is 14.2. The van der Waals surface area contributed by atoms with Gasteiger partial charge in [-0.3, -0.25) is 14.3 Å². The minimum Gasteiger partial charge on any atom is -0.324 e. The molecule has 3 aliphatic heterocycles. The molecule has 0 aromatic carbocycles. The molecule has 3 heterocycles. The fourth-order valence-electron chi connectivity index (χ4n) is 4.80. The number of hydrogen-bond donors (Lipinski definition) is 4. The van der Waals surface area contributed by atoms with Crippen LogP contribution in [0.25, 0.3) is 0 Å². The molecular formula is C27H58FN4O4P. The monoisotopic (exact) mass is 552 g/mol. The highest BCUT2D eigenvalue weighted by molar-refractivity contribution is 7.46. The standard InChI is InChI=1S/C8H16.C7H15FN2.C6H14NO4P.C6H13N/c1-7(2)8-5-3-4-6-8;1-5(2)10-3-6(8)7(9)4-10;1-5(2)7-3-6(4-7)11-12(8,9)10;1-5(2)6-3-7-4-6/h7-8H,3-6H2,1-2H3;5-7H,3-4,9H2,1-2H3;5-6H,3-4H2,1-2H3,(H2,8,9,10);5-7H,3-4H2,1-2H3. The molecule has 0 aromatic rings. The summed E-state index contributed by atoms with van der Waals surface area (Å²) >= 11 is 0. The summed E-state index contributed by atoms with van der Waals surface area (Å²) in [5, 5.41) is 3.24. The Kier molecular flexibility index (Phi) is 15.9. The second-order valence-corrected chi connectivity index (χ2v) is 13.6. The summed E-state index contributed by atoms with van der Waals surface area (Å²) in [6, 6.07) is 0.579. The number of nitrogens with zero attached hydrogens (tertiary/aromatic N) is 2. The minimum absolute atomic E-state index is 0.262. The number of rotatable bonds is 6. The number of nitrogens with one attached hydrogen (secondary N) is 1. The summed E-state index contributed by atoms with van der Waals surface area (Å²) in [4.78, 5) is 21.0. The summed E-state index contributed by atoms with van der Waals surface area (Å²) in [6.45, 7) is 22.4. The topological polar surface area (TPSA) is 111 Å². The molecule has 0 spiro atoms. The fraction of sp³-hybridized carbons (Fsp3) is 1.00. The van der Waals surface area contributed by atoms with E-state index in [2.05, 4.69) is 61.2 Å². The molecular weight excluding hydrogens is 494 g/mol. The molecule has 222 valence electrons. The highest BCUT2D eigenvalue weighted by Crippen LogP contribution is 2.39. The van der Waals surface area contributed by atoms with Crippen molar-refractivity contribution in [2.24, 2.45) is 29.4 Å². The van der Waals surface area contributed by atoms with E-state index in [1.165, 1.54) is 38.8 Å². The van der Waals surface area contributed by atoms with Crippen LogP contribution in [0.3, 0.4) is 0 Å². The Morgan fingerprint density at radius 2 is 1.30 bits per heavy atom. The average Bonchev–Trinajstić information content (AvgIpc) is 3.34. The van der Waals surface area contributed by atoms with E-state index in [1.807, 2.05) is 13.8 Å². The van der Waals surface area contributed by atoms with Crippen LogP contribution in [0, 0.1) is 23.7 Å². The lowest BCUT2D eigenvalue weighted by atomic mass is 9.91. The van der Waals surface area contributed by atoms with Crippen LogP contribution in [0.1, 0.15) is 81.1 Å². The molecule has 37 heavy (non-hydrogen) atoms. The molecule has 2 atom stereocenters. The predicted molar refractivity (Wildman–Crippen MR) is 151 cm³/mol. The minimum atomic E-state index is -4.27. The van der Waals surface area contributed by atoms with Crippen LogP contribution >= 0.6 is 7.82 Å². The first-order chi connectivity index (χ1) is 17.1. The predicted octanol–water partition coefficient (Wildman–Crippen LogP) is 4.26. The van der Waals surface area contributed by atoms with Crippen molar-refractivity contribution in [3.63, 3.8) is 0 Å². The van der Waals surface area contributed by atoms with Gasteiger partial charge in [-0.2, -0.15) is 0 Å². The van der Waals surface area contributed by atoms with Gasteiger partial charge in [0.15, 0.2) is 0 Å². The molecule has 3 saturated heterocycles. The van der Waals surface area contributed by atoms with E-state index in [9.17, 15) is 8.96 Å². The summed E-state index contributed by atoms with van der Waals surface area (Å²) in [7, 11) is -4.27. The van der Waals surface area contributed by atoms with Gasteiger partial charge in [0.2, 0.25) is 0 Å². The third-order valence-corrected chi connectivity index (χ3v) is 8.61. The van der Waals surface area contributed by atoms with Gasteiger partial charge < -0.3 is 20.8 Å². The lowest BCUT2D eigenvalue weighted by Gasteiger charge is -2.41. The second-order valence-electron chi connectivity index (χ2n) is 12.4. The Bertz CT molecular complexity index is 638. The molecule has 1 aliphatic carbocycles. The fourth-order valence-corrected chi connectivity index (χ4v) is 5.32. The number of hydrogen-bond acceptors (Lipinski definition) is 6. The van der Waals surface area contributed by atoms with Gasteiger partial charge in [-0.1, -0.05) is 53.4 Å². The van der Waals surface area contributed by atoms with Crippen LogP contribution < -0.4 is 11.1 Å². The summed E-state index contributed by atoms with van der Waals surface area (Å²) in [5.41, 5.74) is 5.49. The van der Waals surface area contributed by atoms with Crippen molar-refractivity contribution in [3.05, 3.63) is 0 Å². The maximum Gasteiger partial charge on any atom is 0.469 e. The second kappa shape index (κ2) is 16.9. The smallest absolute Gasteiger partial charge is 0.324 e. The van der Waals surface area contributed by atoms with Crippen molar-refractivity contribution in [3.8, 4) is 0 Å². The van der Waals surface area contributed by atoms with Crippen molar-refractivity contribution < 1.29 is 23.3 Å². The summed E-state index contributed by atoms with van der Waals surface area (Å²) in [6.07, 6.45) is 4.86. The maximum atomic E-state index is 12.8. The molecule has 0 amide bonds. The largest absolute Gasteiger partial charge is 0.469 e. The van der Waals surface area contributed by atoms with Crippen LogP contribution in [0.2, 0.25) is 0 Å². The lowest BCUT2D eigenvalue weighted by Crippen LogP contribution is -2.54. The van der Waals surface area contributed by atoms with E-state index in [0.29, 0.717) is 38.3 Å². The Labute approximate surface area is 226 Å². The Morgan fingerprint density at radius 3 is 1.51 bits per heavy atom. The van der Waals surface area contributed by atoms with Gasteiger partial charge in [0.05, 0.1) is 6.10 Å². The molecule has 8 nitrogen and oxygen atoms in total. The molecule has 1 saturated carbocycles. The van der Waals surface area contributed by atoms with E-state index in [0.717, 1.165) is 23.7 Å². The molecule has 0 radical (unpaired) electrons. The summed E-state index contributed by atoms with van der Waals surface area (Å²) in [5.74, 6) is 3.87. The highest BCUT2D eigenvalue weighted by Gasteiger charge is 2.34. The van der Waals surface area contributed by atoms with Crippen molar-refractivity contribution in [1.29, 1.82) is 0 Å². The van der Waals surface area contributed by atoms with Gasteiger partial charge in [-0.25, -0.2) is 8.96 Å². The zero-order chi connectivity index (χ0) is 28.3. The van der Waals surface area contributed by atoms with Crippen molar-refractivity contribution in [2.75, 3.05) is 39.3 Å². The number of alkyl halides is 1. The number of phosphoric ester groups is 1. The van der Waals surface area contributed by atoms with Crippen LogP contribution in [0.4, 0.5) is 4.39 Å². The molecule has 4 rings (SSSR count). The molecule has 10 heteroatoms. The SMILES string of the molecule is CC(C)C1CCCC1.CC(C)C1CNC1.CC(C)N1CC(N)C(F)C1.CC(C)N1CC(OP(=O)(O)O)C1. The average molecular weight is 553 g/mol. The van der Waals surface area contributed by atoms with Gasteiger partial charge in [0, 0.05) is 44.3 Å². The molecule has 4 fully saturated rings. The molecule has 4 aliphatic rings. The first kappa shape index (κ1) is 34.9. The first-order valence-electron chi connectivity index (χ1n) is 14.4. The van der Waals surface area contributed by atoms with Crippen molar-refractivity contribution in [2.45, 2.75) is 111 Å². The zero-order valence-corrected chi connectivity index (χ0v) is 25.7. The number of halogens is 1. The van der Waals surface area contributed by atoms with Gasteiger partial charge in [0.25, 0.3) is 0 Å². The molecule has 5 N–H and O–H groups in total. The van der Waals surface area contributed by atoms with Gasteiger partial charge in [-0.05, 0) is 64.5 Å². The van der Waals surface area contributed by atoms with E-state index < -0.39 is 14.0 Å². The third-order valence-electron chi connectivity index (χ3n) is 8.04. The lowest BCUT2D eigenvalue weighted by molar-refractivity contribution is -0.0154. The highest BCUT2D eigenvalue weighted by atomic mass is 31.2. The maximum absolute atomic E-state index is 12.8. The Morgan fingerprint density at radius 1 is 0.838 bits per heavy atom. The summed E-state index contributed by atoms with van der Waals surface area (Å²) < 4.78 is 27.6. The first-order valence-corrected chi connectivity index (χ1v) is 16.0. The van der Waals surface area contributed by atoms with Gasteiger partial charge in [-0.15, -0.1) is 0 Å². The number of likely N-dealkylation sites (tertiary alicyclic amines) is 2. The van der Waals surface area contributed by atoms with Crippen molar-refractivity contribution >= 4 is 7.82 Å². The number of nitrogens with two attached hydrogens (primary N) is 1. The van der Waals surface area contributed by atoms with E-state index in [-0.39, 0.29) is 12.1 Å². The zero-order valence-electron chi connectivity index (χ0n) is 24.8. The van der Waals surface area contributed by atoms with Gasteiger partial charge in [0.1, 0.15) is 6.17 Å². The Balaban J connectivity index is 0.000000252. The van der Waals surface area contributed by atoms with E-state index in [1.54, 1.807) is 0 Å². The molecule has 0 bridgehead atoms. The molecule has 2 unspecified atom stereocenters. The van der Waals surface area contributed by atoms with E-state index in [4.69, 9.17) is 15.5 Å². The van der Waals surface area contributed by atoms with Crippen LogP contribution in [-0.4, -0.2) is 89.3 Å².